The lowest BCUT2D eigenvalue weighted by Gasteiger charge is -2.33. The minimum Gasteiger partial charge on any atom is -0.463 e. The van der Waals surface area contributed by atoms with Crippen LogP contribution in [0.3, 0.4) is 0 Å². The van der Waals surface area contributed by atoms with Gasteiger partial charge in [-0.25, -0.2) is 14.4 Å². The van der Waals surface area contributed by atoms with E-state index in [1.165, 1.54) is 0 Å². The van der Waals surface area contributed by atoms with Crippen molar-refractivity contribution in [3.63, 3.8) is 0 Å². The SMILES string of the molecule is C=C(C(=O)OC(C(F)(F)F)C(F)(F)F)C(O)(C(F)(F)F)C(F)(F)F.C=C(C(=O)OC1CCOC1=O)C(O)(C(F)(F)F)C(F)(F)F. The van der Waals surface area contributed by atoms with Crippen LogP contribution in [-0.2, 0) is 28.6 Å². The maximum Gasteiger partial charge on any atom is 0.434 e. The zero-order chi connectivity index (χ0) is 36.6. The Morgan fingerprint density at radius 1 is 0.667 bits per heavy atom. The quantitative estimate of drug-likeness (QED) is 0.177. The summed E-state index contributed by atoms with van der Waals surface area (Å²) in [6.07, 6.45) is -45.7. The van der Waals surface area contributed by atoms with E-state index in [1.807, 2.05) is 0 Å². The number of alkyl halides is 18. The smallest absolute Gasteiger partial charge is 0.434 e. The van der Waals surface area contributed by atoms with Gasteiger partial charge in [0.1, 0.15) is 0 Å². The summed E-state index contributed by atoms with van der Waals surface area (Å²) in [4.78, 5) is 33.1. The fourth-order valence-corrected chi connectivity index (χ4v) is 2.58. The Hall–Kier alpha value is -3.45. The third kappa shape index (κ3) is 8.84. The van der Waals surface area contributed by atoms with E-state index in [4.69, 9.17) is 10.2 Å². The van der Waals surface area contributed by atoms with Crippen LogP contribution in [0.1, 0.15) is 6.42 Å². The van der Waals surface area contributed by atoms with Crippen molar-refractivity contribution < 1.29 is 118 Å². The first-order valence-corrected chi connectivity index (χ1v) is 10.3. The lowest BCUT2D eigenvalue weighted by molar-refractivity contribution is -0.353. The number of halogens is 18. The monoisotopic (exact) mass is 710 g/mol. The van der Waals surface area contributed by atoms with Crippen molar-refractivity contribution in [1.29, 1.82) is 0 Å². The Labute approximate surface area is 234 Å². The van der Waals surface area contributed by atoms with Crippen molar-refractivity contribution in [3.8, 4) is 0 Å². The Bertz CT molecular complexity index is 1100. The summed E-state index contributed by atoms with van der Waals surface area (Å²) in [5.41, 5.74) is -17.0. The molecular formula is C19H12F18O8. The molecule has 2 N–H and O–H groups in total. The molecule has 1 aliphatic rings. The van der Waals surface area contributed by atoms with E-state index in [0.29, 0.717) is 0 Å². The normalized spacial score (nSPS) is 17.3. The van der Waals surface area contributed by atoms with Crippen LogP contribution in [0, 0.1) is 0 Å². The van der Waals surface area contributed by atoms with Crippen LogP contribution in [0.25, 0.3) is 0 Å². The van der Waals surface area contributed by atoms with Crippen LogP contribution < -0.4 is 0 Å². The Balaban J connectivity index is 0.000000867. The van der Waals surface area contributed by atoms with Gasteiger partial charge >= 0.3 is 55.0 Å². The van der Waals surface area contributed by atoms with E-state index in [1.54, 1.807) is 6.58 Å². The molecule has 1 fully saturated rings. The second-order valence-electron chi connectivity index (χ2n) is 8.09. The molecule has 0 aliphatic carbocycles. The van der Waals surface area contributed by atoms with Crippen molar-refractivity contribution in [2.24, 2.45) is 0 Å². The first kappa shape index (κ1) is 41.5. The van der Waals surface area contributed by atoms with Crippen LogP contribution in [0.5, 0.6) is 0 Å². The summed E-state index contributed by atoms with van der Waals surface area (Å²) in [6, 6.07) is 0. The van der Waals surface area contributed by atoms with E-state index in [-0.39, 0.29) is 13.0 Å². The maximum absolute atomic E-state index is 12.5. The standard InChI is InChI=1S/C10H8F6O5.C9H4F12O3/c1-4(6(17)21-5-2-3-20-7(5)18)8(19,9(11,12)13)10(14,15)16;1-2(5(23,8(16,17)18)9(19,20)21)3(22)24-4(6(10,11)12)7(13,14)15/h5,19H,1-3H2;4,23H,1H2. The summed E-state index contributed by atoms with van der Waals surface area (Å²) >= 11 is 0. The molecule has 1 atom stereocenters. The van der Waals surface area contributed by atoms with Gasteiger partial charge < -0.3 is 24.4 Å². The Kier molecular flexibility index (Phi) is 11.8. The largest absolute Gasteiger partial charge is 0.463 e. The molecule has 0 aromatic rings. The number of cyclic esters (lactones) is 1. The predicted octanol–water partition coefficient (Wildman–Crippen LogP) is 4.69. The van der Waals surface area contributed by atoms with E-state index >= 15 is 0 Å². The second-order valence-corrected chi connectivity index (χ2v) is 8.09. The van der Waals surface area contributed by atoms with Crippen LogP contribution in [0.2, 0.25) is 0 Å². The van der Waals surface area contributed by atoms with Crippen molar-refractivity contribution >= 4 is 17.9 Å². The van der Waals surface area contributed by atoms with E-state index in [9.17, 15) is 93.4 Å². The van der Waals surface area contributed by atoms with Crippen molar-refractivity contribution in [1.82, 2.24) is 0 Å². The molecule has 0 spiro atoms. The molecule has 1 saturated heterocycles. The van der Waals surface area contributed by atoms with Gasteiger partial charge in [0, 0.05) is 6.42 Å². The third-order valence-corrected chi connectivity index (χ3v) is 4.96. The summed E-state index contributed by atoms with van der Waals surface area (Å²) in [7, 11) is 0. The number of carbonyl (C=O) groups excluding carboxylic acids is 3. The number of hydrogen-bond acceptors (Lipinski definition) is 8. The van der Waals surface area contributed by atoms with Gasteiger partial charge in [-0.05, 0) is 0 Å². The highest BCUT2D eigenvalue weighted by molar-refractivity contribution is 5.93. The van der Waals surface area contributed by atoms with Gasteiger partial charge in [-0.2, -0.15) is 79.0 Å². The average molecular weight is 710 g/mol. The number of carbonyl (C=O) groups is 3. The number of hydrogen-bond donors (Lipinski definition) is 2. The minimum atomic E-state index is -6.74. The third-order valence-electron chi connectivity index (χ3n) is 4.96. The van der Waals surface area contributed by atoms with Gasteiger partial charge in [0.2, 0.25) is 6.10 Å². The van der Waals surface area contributed by atoms with Gasteiger partial charge in [0.15, 0.2) is 0 Å². The van der Waals surface area contributed by atoms with E-state index < -0.39 is 89.5 Å². The van der Waals surface area contributed by atoms with Crippen LogP contribution in [0.4, 0.5) is 79.0 Å². The lowest BCUT2D eigenvalue weighted by Crippen LogP contribution is -2.60. The van der Waals surface area contributed by atoms with Gasteiger partial charge in [-0.15, -0.1) is 0 Å². The van der Waals surface area contributed by atoms with Gasteiger partial charge in [-0.3, -0.25) is 0 Å². The summed E-state index contributed by atoms with van der Waals surface area (Å²) < 4.78 is 232. The van der Waals surface area contributed by atoms with E-state index in [0.717, 1.165) is 0 Å². The molecular weight excluding hydrogens is 698 g/mol. The number of aliphatic hydroxyl groups is 2. The molecule has 45 heavy (non-hydrogen) atoms. The van der Waals surface area contributed by atoms with Crippen LogP contribution in [0.15, 0.2) is 24.3 Å². The molecule has 0 amide bonds. The molecule has 0 saturated carbocycles. The number of esters is 3. The van der Waals surface area contributed by atoms with Gasteiger partial charge in [0.25, 0.3) is 17.3 Å². The molecule has 8 nitrogen and oxygen atoms in total. The van der Waals surface area contributed by atoms with Crippen LogP contribution in [-0.4, -0.2) is 95.2 Å². The molecule has 0 bridgehead atoms. The van der Waals surface area contributed by atoms with Gasteiger partial charge in [-0.1, -0.05) is 13.2 Å². The molecule has 1 heterocycles. The fourth-order valence-electron chi connectivity index (χ4n) is 2.58. The summed E-state index contributed by atoms with van der Waals surface area (Å²) in [5, 5.41) is 17.5. The number of rotatable bonds is 6. The highest BCUT2D eigenvalue weighted by Gasteiger charge is 2.75. The van der Waals surface area contributed by atoms with Crippen LogP contribution >= 0.6 is 0 Å². The molecule has 0 aromatic carbocycles. The highest BCUT2D eigenvalue weighted by atomic mass is 19.4. The summed E-state index contributed by atoms with van der Waals surface area (Å²) in [6.45, 7) is 3.89. The topological polar surface area (TPSA) is 119 Å². The first-order chi connectivity index (χ1) is 19.5. The molecule has 0 radical (unpaired) electrons. The molecule has 1 rings (SSSR count). The Morgan fingerprint density at radius 3 is 1.22 bits per heavy atom. The predicted molar refractivity (Wildman–Crippen MR) is 99.8 cm³/mol. The highest BCUT2D eigenvalue weighted by Crippen LogP contribution is 2.49. The lowest BCUT2D eigenvalue weighted by atomic mass is 9.93. The van der Waals surface area contributed by atoms with E-state index in [2.05, 4.69) is 20.8 Å². The zero-order valence-electron chi connectivity index (χ0n) is 20.6. The summed E-state index contributed by atoms with van der Waals surface area (Å²) in [5.74, 6) is -6.71. The molecule has 1 aliphatic heterocycles. The number of ether oxygens (including phenoxy) is 3. The molecule has 26 heteroatoms. The van der Waals surface area contributed by atoms with Gasteiger partial charge in [0.05, 0.1) is 17.8 Å². The second kappa shape index (κ2) is 12.7. The minimum absolute atomic E-state index is 0.202. The van der Waals surface area contributed by atoms with Crippen molar-refractivity contribution in [2.75, 3.05) is 6.61 Å². The molecule has 1 unspecified atom stereocenters. The average Bonchev–Trinajstić information content (AvgIpc) is 3.20. The molecule has 0 aromatic heterocycles. The zero-order valence-corrected chi connectivity index (χ0v) is 20.6. The first-order valence-electron chi connectivity index (χ1n) is 10.3. The Morgan fingerprint density at radius 2 is 0.978 bits per heavy atom. The molecule has 262 valence electrons. The van der Waals surface area contributed by atoms with Crippen molar-refractivity contribution in [2.45, 2.75) is 66.9 Å². The maximum atomic E-state index is 12.5. The fraction of sp³-hybridized carbons (Fsp3) is 0.632. The van der Waals surface area contributed by atoms with Crippen molar-refractivity contribution in [3.05, 3.63) is 24.3 Å².